The number of ether oxygens (including phenoxy) is 3. The predicted octanol–water partition coefficient (Wildman–Crippen LogP) is 5.15. The molecule has 1 aliphatic rings. The maximum absolute atomic E-state index is 13.0. The summed E-state index contributed by atoms with van der Waals surface area (Å²) in [6.45, 7) is 4.66. The van der Waals surface area contributed by atoms with Gasteiger partial charge in [0.25, 0.3) is 5.91 Å². The Balaban J connectivity index is 1.65. The van der Waals surface area contributed by atoms with Gasteiger partial charge in [-0.1, -0.05) is 37.2 Å². The first-order chi connectivity index (χ1) is 15.7. The molecule has 3 aromatic rings. The van der Waals surface area contributed by atoms with E-state index in [9.17, 15) is 4.79 Å². The lowest BCUT2D eigenvalue weighted by molar-refractivity contribution is 0.0997. The normalized spacial score (nSPS) is 13.5. The molecule has 1 amide bonds. The molecule has 0 spiro atoms. The van der Waals surface area contributed by atoms with Gasteiger partial charge in [-0.3, -0.25) is 4.79 Å². The van der Waals surface area contributed by atoms with Crippen LogP contribution in [0.5, 0.6) is 17.2 Å². The van der Waals surface area contributed by atoms with Gasteiger partial charge in [0.2, 0.25) is 0 Å². The summed E-state index contributed by atoms with van der Waals surface area (Å²) in [4.78, 5) is 18.2. The first-order valence-corrected chi connectivity index (χ1v) is 13.1. The lowest BCUT2D eigenvalue weighted by atomic mass is 10.2. The largest absolute Gasteiger partial charge is 0.494 e. The zero-order valence-corrected chi connectivity index (χ0v) is 20.1. The number of amides is 1. The monoisotopic (exact) mass is 472 g/mol. The molecule has 32 heavy (non-hydrogen) atoms. The molecule has 2 heterocycles. The summed E-state index contributed by atoms with van der Waals surface area (Å²) >= 11 is 3.25. The summed E-state index contributed by atoms with van der Waals surface area (Å²) in [7, 11) is 0. The van der Waals surface area contributed by atoms with E-state index in [1.807, 2.05) is 24.3 Å². The minimum Gasteiger partial charge on any atom is -0.494 e. The highest BCUT2D eigenvalue weighted by Gasteiger charge is 2.17. The van der Waals surface area contributed by atoms with Crippen LogP contribution < -0.4 is 19.0 Å². The minimum absolute atomic E-state index is 0.272. The molecule has 0 N–H and O–H groups in total. The third kappa shape index (κ3) is 5.30. The highest BCUT2D eigenvalue weighted by molar-refractivity contribution is 7.98. The number of aryl methyl sites for hydroxylation is 1. The second-order valence-electron chi connectivity index (χ2n) is 7.49. The maximum atomic E-state index is 13.0. The molecule has 0 bridgehead atoms. The summed E-state index contributed by atoms with van der Waals surface area (Å²) in [5.74, 6) is 2.84. The van der Waals surface area contributed by atoms with E-state index in [-0.39, 0.29) is 5.91 Å². The van der Waals surface area contributed by atoms with Gasteiger partial charge in [0.1, 0.15) is 19.0 Å². The molecule has 0 saturated carbocycles. The molecule has 4 rings (SSSR count). The molecule has 170 valence electrons. The van der Waals surface area contributed by atoms with Crippen molar-refractivity contribution in [3.05, 3.63) is 46.8 Å². The molecular formula is C24H28N2O4S2. The van der Waals surface area contributed by atoms with Crippen LogP contribution in [-0.4, -0.2) is 42.3 Å². The number of aromatic nitrogens is 1. The van der Waals surface area contributed by atoms with Gasteiger partial charge in [-0.25, -0.2) is 0 Å². The van der Waals surface area contributed by atoms with Crippen molar-refractivity contribution in [2.75, 3.05) is 31.8 Å². The van der Waals surface area contributed by atoms with Gasteiger partial charge in [-0.15, -0.1) is 0 Å². The molecule has 8 heteroatoms. The van der Waals surface area contributed by atoms with Gasteiger partial charge in [0.05, 0.1) is 16.8 Å². The van der Waals surface area contributed by atoms with E-state index in [2.05, 4.69) is 22.7 Å². The fourth-order valence-electron chi connectivity index (χ4n) is 3.50. The van der Waals surface area contributed by atoms with Crippen LogP contribution in [0.25, 0.3) is 10.2 Å². The van der Waals surface area contributed by atoms with Gasteiger partial charge >= 0.3 is 0 Å². The molecule has 0 radical (unpaired) electrons. The van der Waals surface area contributed by atoms with Crippen LogP contribution in [0.3, 0.4) is 0 Å². The Morgan fingerprint density at radius 3 is 2.78 bits per heavy atom. The first kappa shape index (κ1) is 22.7. The number of rotatable bonds is 9. The molecule has 2 aromatic carbocycles. The van der Waals surface area contributed by atoms with E-state index in [1.165, 1.54) is 11.3 Å². The van der Waals surface area contributed by atoms with Gasteiger partial charge < -0.3 is 18.8 Å². The van der Waals surface area contributed by atoms with E-state index in [0.29, 0.717) is 35.9 Å². The molecular weight excluding hydrogens is 444 g/mol. The smallest absolute Gasteiger partial charge is 0.279 e. The lowest BCUT2D eigenvalue weighted by Gasteiger charge is -2.18. The third-order valence-corrected chi connectivity index (χ3v) is 6.79. The number of hydrogen-bond donors (Lipinski definition) is 0. The minimum atomic E-state index is -0.272. The Morgan fingerprint density at radius 1 is 1.19 bits per heavy atom. The number of benzene rings is 2. The second kappa shape index (κ2) is 10.9. The number of thiazole rings is 1. The number of hydrogen-bond acceptors (Lipinski definition) is 6. The van der Waals surface area contributed by atoms with E-state index in [1.54, 1.807) is 23.9 Å². The topological polar surface area (TPSA) is 62.0 Å². The third-order valence-electron chi connectivity index (χ3n) is 5.16. The Kier molecular flexibility index (Phi) is 7.76. The molecule has 0 saturated heterocycles. The average molecular weight is 473 g/mol. The maximum Gasteiger partial charge on any atom is 0.279 e. The molecule has 0 fully saturated rings. The molecule has 1 aromatic heterocycles. The van der Waals surface area contributed by atoms with Crippen molar-refractivity contribution < 1.29 is 19.0 Å². The van der Waals surface area contributed by atoms with Gasteiger partial charge in [-0.05, 0) is 30.9 Å². The fraction of sp³-hybridized carbons (Fsp3) is 0.417. The van der Waals surface area contributed by atoms with E-state index < -0.39 is 0 Å². The van der Waals surface area contributed by atoms with Crippen LogP contribution in [0, 0.1) is 0 Å². The van der Waals surface area contributed by atoms with Crippen LogP contribution in [0.1, 0.15) is 36.5 Å². The zero-order valence-electron chi connectivity index (χ0n) is 18.5. The number of carbonyl (C=O) groups is 1. The Labute approximate surface area is 196 Å². The van der Waals surface area contributed by atoms with Crippen molar-refractivity contribution in [1.29, 1.82) is 0 Å². The Morgan fingerprint density at radius 2 is 2.00 bits per heavy atom. The predicted molar refractivity (Wildman–Crippen MR) is 131 cm³/mol. The van der Waals surface area contributed by atoms with Crippen molar-refractivity contribution in [3.8, 4) is 17.2 Å². The summed E-state index contributed by atoms with van der Waals surface area (Å²) in [5.41, 5.74) is 1.53. The molecule has 0 unspecified atom stereocenters. The van der Waals surface area contributed by atoms with Gasteiger partial charge in [0.15, 0.2) is 16.3 Å². The SMILES string of the molecule is CCCCCOc1cccc(C(=O)N=c2sc3cc4c(cc3n2CCSC)OCCO4)c1. The number of unbranched alkanes of at least 4 members (excludes halogenated alkanes) is 2. The number of nitrogens with zero attached hydrogens (tertiary/aromatic N) is 2. The van der Waals surface area contributed by atoms with Crippen LogP contribution in [0.15, 0.2) is 41.4 Å². The lowest BCUT2D eigenvalue weighted by Crippen LogP contribution is -2.18. The first-order valence-electron chi connectivity index (χ1n) is 10.9. The van der Waals surface area contributed by atoms with Crippen molar-refractivity contribution in [1.82, 2.24) is 4.57 Å². The van der Waals surface area contributed by atoms with Crippen LogP contribution in [0.2, 0.25) is 0 Å². The van der Waals surface area contributed by atoms with Crippen molar-refractivity contribution >= 4 is 39.2 Å². The van der Waals surface area contributed by atoms with Crippen molar-refractivity contribution in [2.24, 2.45) is 4.99 Å². The number of carbonyl (C=O) groups excluding carboxylic acids is 1. The fourth-order valence-corrected chi connectivity index (χ4v) is 4.93. The van der Waals surface area contributed by atoms with E-state index >= 15 is 0 Å². The highest BCUT2D eigenvalue weighted by Crippen LogP contribution is 2.35. The van der Waals surface area contributed by atoms with Crippen LogP contribution in [0.4, 0.5) is 0 Å². The van der Waals surface area contributed by atoms with Gasteiger partial charge in [-0.2, -0.15) is 16.8 Å². The summed E-state index contributed by atoms with van der Waals surface area (Å²) in [6.07, 6.45) is 5.36. The van der Waals surface area contributed by atoms with Crippen LogP contribution >= 0.6 is 23.1 Å². The van der Waals surface area contributed by atoms with Gasteiger partial charge in [0, 0.05) is 30.0 Å². The quantitative estimate of drug-likeness (QED) is 0.403. The zero-order chi connectivity index (χ0) is 22.3. The molecule has 0 atom stereocenters. The highest BCUT2D eigenvalue weighted by atomic mass is 32.2. The molecule has 6 nitrogen and oxygen atoms in total. The molecule has 0 aliphatic carbocycles. The number of thioether (sulfide) groups is 1. The van der Waals surface area contributed by atoms with Crippen molar-refractivity contribution in [2.45, 2.75) is 32.7 Å². The van der Waals surface area contributed by atoms with Crippen molar-refractivity contribution in [3.63, 3.8) is 0 Å². The molecule has 1 aliphatic heterocycles. The average Bonchev–Trinajstić information content (AvgIpc) is 3.14. The summed E-state index contributed by atoms with van der Waals surface area (Å²) in [6, 6.07) is 11.3. The van der Waals surface area contributed by atoms with Crippen LogP contribution in [-0.2, 0) is 6.54 Å². The Bertz CT molecular complexity index is 1150. The van der Waals surface area contributed by atoms with E-state index in [4.69, 9.17) is 14.2 Å². The van der Waals surface area contributed by atoms with E-state index in [0.717, 1.165) is 53.3 Å². The Hall–Kier alpha value is -2.45. The standard InChI is InChI=1S/C24H28N2O4S2/c1-3-4-5-10-28-18-8-6-7-17(14-18)23(27)25-24-26(9-13-31-2)19-15-20-21(16-22(19)32-24)30-12-11-29-20/h6-8,14-16H,3-5,9-13H2,1-2H3. The summed E-state index contributed by atoms with van der Waals surface area (Å²) < 4.78 is 20.4. The second-order valence-corrected chi connectivity index (χ2v) is 9.49. The number of fused-ring (bicyclic) bond motifs is 2. The summed E-state index contributed by atoms with van der Waals surface area (Å²) in [5, 5.41) is 0.